The minimum Gasteiger partial charge on any atom is -0.487 e. The predicted octanol–water partition coefficient (Wildman–Crippen LogP) is 3.94. The lowest BCUT2D eigenvalue weighted by Gasteiger charge is -2.06. The molecule has 3 nitrogen and oxygen atoms in total. The van der Waals surface area contributed by atoms with Crippen LogP contribution in [0.15, 0.2) is 34.9 Å². The summed E-state index contributed by atoms with van der Waals surface area (Å²) in [5.74, 6) is 0.162. The molecule has 5 heteroatoms. The van der Waals surface area contributed by atoms with Crippen molar-refractivity contribution in [1.82, 2.24) is 9.78 Å². The molecule has 1 aromatic heterocycles. The van der Waals surface area contributed by atoms with Crippen LogP contribution in [0.25, 0.3) is 0 Å². The molecule has 2 rings (SSSR count). The van der Waals surface area contributed by atoms with Gasteiger partial charge in [-0.15, -0.1) is 0 Å². The van der Waals surface area contributed by atoms with Crippen LogP contribution in [0, 0.1) is 5.82 Å². The Kier molecular flexibility index (Phi) is 4.01. The summed E-state index contributed by atoms with van der Waals surface area (Å²) in [6.45, 7) is 4.45. The second-order valence-corrected chi connectivity index (χ2v) is 5.10. The molecule has 18 heavy (non-hydrogen) atoms. The summed E-state index contributed by atoms with van der Waals surface area (Å²) >= 11 is 3.10. The molecule has 0 unspecified atom stereocenters. The molecule has 0 spiro atoms. The van der Waals surface area contributed by atoms with E-state index in [1.54, 1.807) is 12.1 Å². The van der Waals surface area contributed by atoms with Gasteiger partial charge in [0.25, 0.3) is 0 Å². The second kappa shape index (κ2) is 5.52. The van der Waals surface area contributed by atoms with Gasteiger partial charge >= 0.3 is 0 Å². The summed E-state index contributed by atoms with van der Waals surface area (Å²) in [5.41, 5.74) is 0.826. The number of hydrogen-bond acceptors (Lipinski definition) is 2. The van der Waals surface area contributed by atoms with E-state index in [2.05, 4.69) is 34.9 Å². The van der Waals surface area contributed by atoms with E-state index in [9.17, 15) is 4.39 Å². The minimum absolute atomic E-state index is 0.323. The van der Waals surface area contributed by atoms with Crippen molar-refractivity contribution in [2.75, 3.05) is 0 Å². The molecule has 0 saturated heterocycles. The fourth-order valence-corrected chi connectivity index (χ4v) is 1.71. The summed E-state index contributed by atoms with van der Waals surface area (Å²) < 4.78 is 21.0. The number of nitrogens with zero attached hydrogens (tertiary/aromatic N) is 2. The van der Waals surface area contributed by atoms with Gasteiger partial charge in [0.1, 0.15) is 18.2 Å². The van der Waals surface area contributed by atoms with E-state index in [1.807, 2.05) is 16.9 Å². The Labute approximate surface area is 114 Å². The van der Waals surface area contributed by atoms with Crippen LogP contribution in [0.4, 0.5) is 4.39 Å². The lowest BCUT2D eigenvalue weighted by molar-refractivity contribution is 0.297. The third kappa shape index (κ3) is 3.10. The van der Waals surface area contributed by atoms with E-state index in [0.29, 0.717) is 22.9 Å². The van der Waals surface area contributed by atoms with Crippen LogP contribution >= 0.6 is 15.9 Å². The van der Waals surface area contributed by atoms with Crippen molar-refractivity contribution in [2.24, 2.45) is 0 Å². The van der Waals surface area contributed by atoms with Crippen LogP contribution in [0.5, 0.6) is 5.75 Å². The Morgan fingerprint density at radius 3 is 2.78 bits per heavy atom. The highest BCUT2D eigenvalue weighted by atomic mass is 79.9. The third-order valence-corrected chi connectivity index (χ3v) is 3.11. The molecular formula is C13H14BrFN2O. The van der Waals surface area contributed by atoms with Gasteiger partial charge < -0.3 is 4.74 Å². The highest BCUT2D eigenvalue weighted by Gasteiger charge is 2.05. The number of benzene rings is 1. The second-order valence-electron chi connectivity index (χ2n) is 4.25. The van der Waals surface area contributed by atoms with Crippen molar-refractivity contribution in [3.8, 4) is 5.75 Å². The van der Waals surface area contributed by atoms with Crippen LogP contribution in [0.3, 0.4) is 0 Å². The normalized spacial score (nSPS) is 10.9. The maximum absolute atomic E-state index is 13.3. The Morgan fingerprint density at radius 1 is 1.39 bits per heavy atom. The van der Waals surface area contributed by atoms with Gasteiger partial charge in [0.2, 0.25) is 0 Å². The molecule has 0 N–H and O–H groups in total. The van der Waals surface area contributed by atoms with E-state index < -0.39 is 0 Å². The van der Waals surface area contributed by atoms with Crippen molar-refractivity contribution in [3.05, 3.63) is 46.4 Å². The zero-order valence-corrected chi connectivity index (χ0v) is 11.8. The average molecular weight is 313 g/mol. The first kappa shape index (κ1) is 13.1. The lowest BCUT2D eigenvalue weighted by Crippen LogP contribution is -2.03. The topological polar surface area (TPSA) is 27.1 Å². The van der Waals surface area contributed by atoms with Gasteiger partial charge in [0.05, 0.1) is 10.2 Å². The average Bonchev–Trinajstić information content (AvgIpc) is 2.79. The fourth-order valence-electron chi connectivity index (χ4n) is 1.47. The maximum atomic E-state index is 13.3. The summed E-state index contributed by atoms with van der Waals surface area (Å²) in [6, 6.07) is 6.91. The monoisotopic (exact) mass is 312 g/mol. The predicted molar refractivity (Wildman–Crippen MR) is 71.0 cm³/mol. The van der Waals surface area contributed by atoms with Crippen molar-refractivity contribution in [1.29, 1.82) is 0 Å². The van der Waals surface area contributed by atoms with Crippen LogP contribution in [-0.4, -0.2) is 9.78 Å². The smallest absolute Gasteiger partial charge is 0.141 e. The molecule has 0 amide bonds. The fraction of sp³-hybridized carbons (Fsp3) is 0.308. The molecule has 0 atom stereocenters. The minimum atomic E-state index is -0.333. The van der Waals surface area contributed by atoms with Crippen LogP contribution in [-0.2, 0) is 6.61 Å². The molecule has 0 aliphatic carbocycles. The van der Waals surface area contributed by atoms with Gasteiger partial charge in [-0.3, -0.25) is 4.68 Å². The molecule has 0 aliphatic rings. The number of ether oxygens (including phenoxy) is 1. The van der Waals surface area contributed by atoms with Crippen LogP contribution < -0.4 is 4.74 Å². The first-order valence-electron chi connectivity index (χ1n) is 5.68. The number of halogens is 2. The standard InChI is InChI=1S/C13H14BrFN2O/c1-9(2)17-6-5-10(16-17)8-18-11-3-4-12(14)13(15)7-11/h3-7,9H,8H2,1-2H3. The molecule has 0 saturated carbocycles. The summed E-state index contributed by atoms with van der Waals surface area (Å²) in [5, 5.41) is 4.35. The highest BCUT2D eigenvalue weighted by molar-refractivity contribution is 9.10. The van der Waals surface area contributed by atoms with Gasteiger partial charge in [-0.05, 0) is 48.0 Å². The Balaban J connectivity index is 2.00. The molecule has 0 aliphatic heterocycles. The molecule has 1 heterocycles. The quantitative estimate of drug-likeness (QED) is 0.855. The van der Waals surface area contributed by atoms with E-state index in [-0.39, 0.29) is 5.82 Å². The van der Waals surface area contributed by atoms with Crippen LogP contribution in [0.1, 0.15) is 25.6 Å². The largest absolute Gasteiger partial charge is 0.487 e. The first-order chi connectivity index (χ1) is 8.56. The van der Waals surface area contributed by atoms with Gasteiger partial charge in [-0.1, -0.05) is 0 Å². The van der Waals surface area contributed by atoms with Gasteiger partial charge in [-0.2, -0.15) is 5.10 Å². The highest BCUT2D eigenvalue weighted by Crippen LogP contribution is 2.21. The lowest BCUT2D eigenvalue weighted by atomic mass is 10.3. The van der Waals surface area contributed by atoms with Crippen molar-refractivity contribution >= 4 is 15.9 Å². The van der Waals surface area contributed by atoms with Crippen molar-refractivity contribution in [2.45, 2.75) is 26.5 Å². The Hall–Kier alpha value is -1.36. The molecule has 0 radical (unpaired) electrons. The van der Waals surface area contributed by atoms with Crippen molar-refractivity contribution < 1.29 is 9.13 Å². The zero-order chi connectivity index (χ0) is 13.1. The summed E-state index contributed by atoms with van der Waals surface area (Å²) in [7, 11) is 0. The Morgan fingerprint density at radius 2 is 2.17 bits per heavy atom. The number of rotatable bonds is 4. The van der Waals surface area contributed by atoms with E-state index in [0.717, 1.165) is 5.69 Å². The van der Waals surface area contributed by atoms with Crippen LogP contribution in [0.2, 0.25) is 0 Å². The molecule has 96 valence electrons. The van der Waals surface area contributed by atoms with E-state index in [1.165, 1.54) is 6.07 Å². The van der Waals surface area contributed by atoms with Gasteiger partial charge in [0, 0.05) is 18.3 Å². The van der Waals surface area contributed by atoms with E-state index >= 15 is 0 Å². The third-order valence-electron chi connectivity index (χ3n) is 2.47. The first-order valence-corrected chi connectivity index (χ1v) is 6.47. The van der Waals surface area contributed by atoms with E-state index in [4.69, 9.17) is 4.74 Å². The molecule has 1 aromatic carbocycles. The maximum Gasteiger partial charge on any atom is 0.141 e. The SMILES string of the molecule is CC(C)n1ccc(COc2ccc(Br)c(F)c2)n1. The van der Waals surface area contributed by atoms with Gasteiger partial charge in [0.15, 0.2) is 0 Å². The van der Waals surface area contributed by atoms with Crippen molar-refractivity contribution in [3.63, 3.8) is 0 Å². The molecule has 0 fully saturated rings. The Bertz CT molecular complexity index is 540. The number of hydrogen-bond donors (Lipinski definition) is 0. The summed E-state index contributed by atoms with van der Waals surface area (Å²) in [6.07, 6.45) is 1.91. The molecule has 0 bridgehead atoms. The molecular weight excluding hydrogens is 299 g/mol. The van der Waals surface area contributed by atoms with Gasteiger partial charge in [-0.25, -0.2) is 4.39 Å². The zero-order valence-electron chi connectivity index (χ0n) is 10.2. The molecule has 2 aromatic rings. The summed E-state index contributed by atoms with van der Waals surface area (Å²) in [4.78, 5) is 0. The number of aromatic nitrogens is 2.